The molecule has 124 valence electrons. The standard InChI is InChI=1S/C17H22N2O3S/c1-21-15-4-6-16(7-5-15)22-11-17-18-13(12-23-17)9-19-8-2-3-14(19)10-20/h4-7,12,14,20H,2-3,8-11H2,1H3/t14-/m1/s1. The van der Waals surface area contributed by atoms with Gasteiger partial charge in [0.1, 0.15) is 23.1 Å². The van der Waals surface area contributed by atoms with Gasteiger partial charge in [0, 0.05) is 18.0 Å². The Bertz CT molecular complexity index is 615. The van der Waals surface area contributed by atoms with E-state index in [9.17, 15) is 5.11 Å². The molecule has 1 atom stereocenters. The number of methoxy groups -OCH3 is 1. The number of rotatable bonds is 7. The van der Waals surface area contributed by atoms with Gasteiger partial charge in [0.2, 0.25) is 0 Å². The summed E-state index contributed by atoms with van der Waals surface area (Å²) in [5.74, 6) is 1.63. The molecule has 6 heteroatoms. The highest BCUT2D eigenvalue weighted by Gasteiger charge is 2.24. The zero-order valence-corrected chi connectivity index (χ0v) is 14.1. The van der Waals surface area contributed by atoms with Gasteiger partial charge in [-0.2, -0.15) is 0 Å². The summed E-state index contributed by atoms with van der Waals surface area (Å²) in [6.45, 7) is 2.56. The molecule has 1 aliphatic rings. The molecule has 0 unspecified atom stereocenters. The highest BCUT2D eigenvalue weighted by Crippen LogP contribution is 2.22. The summed E-state index contributed by atoms with van der Waals surface area (Å²) in [5, 5.41) is 12.4. The third kappa shape index (κ3) is 4.22. The Labute approximate surface area is 140 Å². The van der Waals surface area contributed by atoms with Crippen molar-refractivity contribution in [3.8, 4) is 11.5 Å². The maximum Gasteiger partial charge on any atom is 0.140 e. The maximum absolute atomic E-state index is 9.38. The van der Waals surface area contributed by atoms with Crippen LogP contribution in [0.1, 0.15) is 23.5 Å². The van der Waals surface area contributed by atoms with Crippen LogP contribution in [0.5, 0.6) is 11.5 Å². The number of benzene rings is 1. The zero-order chi connectivity index (χ0) is 16.1. The molecule has 1 aromatic heterocycles. The van der Waals surface area contributed by atoms with Crippen LogP contribution in [0.2, 0.25) is 0 Å². The van der Waals surface area contributed by atoms with Crippen molar-refractivity contribution in [3.05, 3.63) is 40.3 Å². The lowest BCUT2D eigenvalue weighted by molar-refractivity contribution is 0.152. The summed E-state index contributed by atoms with van der Waals surface area (Å²) in [7, 11) is 1.65. The molecule has 1 aromatic carbocycles. The molecule has 5 nitrogen and oxygen atoms in total. The third-order valence-electron chi connectivity index (χ3n) is 4.10. The average Bonchev–Trinajstić information content (AvgIpc) is 3.23. The van der Waals surface area contributed by atoms with Gasteiger partial charge < -0.3 is 14.6 Å². The molecule has 1 saturated heterocycles. The van der Waals surface area contributed by atoms with Crippen LogP contribution >= 0.6 is 11.3 Å². The summed E-state index contributed by atoms with van der Waals surface area (Å²) in [6, 6.07) is 7.83. The Morgan fingerprint density at radius 1 is 1.30 bits per heavy atom. The minimum absolute atomic E-state index is 0.234. The van der Waals surface area contributed by atoms with Crippen molar-refractivity contribution in [3.63, 3.8) is 0 Å². The van der Waals surface area contributed by atoms with E-state index in [0.717, 1.165) is 48.1 Å². The fourth-order valence-corrected chi connectivity index (χ4v) is 3.52. The maximum atomic E-state index is 9.38. The van der Waals surface area contributed by atoms with Gasteiger partial charge in [-0.1, -0.05) is 0 Å². The number of thiazole rings is 1. The number of aliphatic hydroxyl groups is 1. The number of aliphatic hydroxyl groups excluding tert-OH is 1. The quantitative estimate of drug-likeness (QED) is 0.844. The number of likely N-dealkylation sites (tertiary alicyclic amines) is 1. The van der Waals surface area contributed by atoms with Gasteiger partial charge in [0.25, 0.3) is 0 Å². The van der Waals surface area contributed by atoms with Crippen LogP contribution in [-0.4, -0.2) is 41.3 Å². The zero-order valence-electron chi connectivity index (χ0n) is 13.3. The molecular weight excluding hydrogens is 312 g/mol. The molecule has 1 fully saturated rings. The molecule has 0 saturated carbocycles. The van der Waals surface area contributed by atoms with E-state index in [-0.39, 0.29) is 12.6 Å². The van der Waals surface area contributed by atoms with Gasteiger partial charge in [-0.15, -0.1) is 11.3 Å². The smallest absolute Gasteiger partial charge is 0.140 e. The second kappa shape index (κ2) is 7.77. The first-order valence-electron chi connectivity index (χ1n) is 7.83. The van der Waals surface area contributed by atoms with Crippen LogP contribution in [0.25, 0.3) is 0 Å². The molecule has 1 N–H and O–H groups in total. The second-order valence-electron chi connectivity index (χ2n) is 5.65. The molecule has 2 aromatic rings. The Morgan fingerprint density at radius 2 is 2.09 bits per heavy atom. The average molecular weight is 334 g/mol. The molecule has 0 spiro atoms. The van der Waals surface area contributed by atoms with Crippen molar-refractivity contribution in [2.24, 2.45) is 0 Å². The number of aromatic nitrogens is 1. The largest absolute Gasteiger partial charge is 0.497 e. The van der Waals surface area contributed by atoms with Crippen LogP contribution in [-0.2, 0) is 13.2 Å². The second-order valence-corrected chi connectivity index (χ2v) is 6.59. The van der Waals surface area contributed by atoms with Crippen LogP contribution in [0.3, 0.4) is 0 Å². The van der Waals surface area contributed by atoms with Gasteiger partial charge in [0.05, 0.1) is 19.4 Å². The van der Waals surface area contributed by atoms with Gasteiger partial charge in [-0.05, 0) is 43.7 Å². The van der Waals surface area contributed by atoms with Gasteiger partial charge >= 0.3 is 0 Å². The van der Waals surface area contributed by atoms with E-state index in [1.807, 2.05) is 24.3 Å². The number of hydrogen-bond donors (Lipinski definition) is 1. The predicted octanol–water partition coefficient (Wildman–Crippen LogP) is 2.69. The topological polar surface area (TPSA) is 54.8 Å². The minimum atomic E-state index is 0.234. The van der Waals surface area contributed by atoms with Gasteiger partial charge in [-0.25, -0.2) is 4.98 Å². The van der Waals surface area contributed by atoms with Crippen molar-refractivity contribution < 1.29 is 14.6 Å². The fraction of sp³-hybridized carbons (Fsp3) is 0.471. The molecule has 0 aliphatic carbocycles. The van der Waals surface area contributed by atoms with Crippen molar-refractivity contribution >= 4 is 11.3 Å². The molecule has 0 amide bonds. The Hall–Kier alpha value is -1.63. The lowest BCUT2D eigenvalue weighted by Gasteiger charge is -2.21. The monoisotopic (exact) mass is 334 g/mol. The number of hydrogen-bond acceptors (Lipinski definition) is 6. The van der Waals surface area contributed by atoms with E-state index >= 15 is 0 Å². The molecule has 0 bridgehead atoms. The Balaban J connectivity index is 1.52. The van der Waals surface area contributed by atoms with E-state index in [0.29, 0.717) is 6.61 Å². The molecule has 0 radical (unpaired) electrons. The molecular formula is C17H22N2O3S. The first-order chi connectivity index (χ1) is 11.3. The minimum Gasteiger partial charge on any atom is -0.497 e. The molecule has 3 rings (SSSR count). The third-order valence-corrected chi connectivity index (χ3v) is 4.97. The van der Waals surface area contributed by atoms with E-state index in [4.69, 9.17) is 9.47 Å². The van der Waals surface area contributed by atoms with Crippen molar-refractivity contribution in [1.82, 2.24) is 9.88 Å². The van der Waals surface area contributed by atoms with Crippen molar-refractivity contribution in [1.29, 1.82) is 0 Å². The van der Waals surface area contributed by atoms with E-state index in [1.54, 1.807) is 18.4 Å². The van der Waals surface area contributed by atoms with Crippen LogP contribution < -0.4 is 9.47 Å². The number of nitrogens with zero attached hydrogens (tertiary/aromatic N) is 2. The Kier molecular flexibility index (Phi) is 5.48. The number of ether oxygens (including phenoxy) is 2. The highest BCUT2D eigenvalue weighted by molar-refractivity contribution is 7.09. The fourth-order valence-electron chi connectivity index (χ4n) is 2.82. The first kappa shape index (κ1) is 16.2. The van der Waals surface area contributed by atoms with E-state index in [2.05, 4.69) is 15.3 Å². The Morgan fingerprint density at radius 3 is 2.83 bits per heavy atom. The van der Waals surface area contributed by atoms with E-state index < -0.39 is 0 Å². The summed E-state index contributed by atoms with van der Waals surface area (Å²) >= 11 is 1.62. The van der Waals surface area contributed by atoms with Crippen molar-refractivity contribution in [2.75, 3.05) is 20.3 Å². The normalized spacial score (nSPS) is 18.3. The molecule has 2 heterocycles. The van der Waals surface area contributed by atoms with Crippen molar-refractivity contribution in [2.45, 2.75) is 32.0 Å². The summed E-state index contributed by atoms with van der Waals surface area (Å²) in [4.78, 5) is 6.95. The van der Waals surface area contributed by atoms with Gasteiger partial charge in [0.15, 0.2) is 0 Å². The molecule has 1 aliphatic heterocycles. The van der Waals surface area contributed by atoms with Crippen LogP contribution in [0.4, 0.5) is 0 Å². The SMILES string of the molecule is COc1ccc(OCc2nc(CN3CCC[C@@H]3CO)cs2)cc1. The highest BCUT2D eigenvalue weighted by atomic mass is 32.1. The summed E-state index contributed by atoms with van der Waals surface area (Å²) in [6.07, 6.45) is 2.23. The van der Waals surface area contributed by atoms with Crippen LogP contribution in [0, 0.1) is 0 Å². The first-order valence-corrected chi connectivity index (χ1v) is 8.71. The van der Waals surface area contributed by atoms with E-state index in [1.165, 1.54) is 0 Å². The predicted molar refractivity (Wildman–Crippen MR) is 90.0 cm³/mol. The van der Waals surface area contributed by atoms with Crippen LogP contribution in [0.15, 0.2) is 29.6 Å². The lowest BCUT2D eigenvalue weighted by Crippen LogP contribution is -2.31. The summed E-state index contributed by atoms with van der Waals surface area (Å²) < 4.78 is 10.9. The summed E-state index contributed by atoms with van der Waals surface area (Å²) in [5.41, 5.74) is 1.06. The molecule has 23 heavy (non-hydrogen) atoms. The lowest BCUT2D eigenvalue weighted by atomic mass is 10.2. The van der Waals surface area contributed by atoms with Gasteiger partial charge in [-0.3, -0.25) is 4.90 Å².